The van der Waals surface area contributed by atoms with Crippen LogP contribution in [-0.4, -0.2) is 25.7 Å². The van der Waals surface area contributed by atoms with Gasteiger partial charge in [0.05, 0.1) is 5.56 Å². The molecular weight excluding hydrogens is 248 g/mol. The van der Waals surface area contributed by atoms with Crippen molar-refractivity contribution in [3.63, 3.8) is 0 Å². The molecule has 1 aliphatic heterocycles. The molecule has 1 N–H and O–H groups in total. The van der Waals surface area contributed by atoms with Gasteiger partial charge >= 0.3 is 6.18 Å². The minimum atomic E-state index is -4.54. The van der Waals surface area contributed by atoms with Gasteiger partial charge in [0.2, 0.25) is 0 Å². The molecule has 1 unspecified atom stereocenters. The first-order valence-corrected chi connectivity index (χ1v) is 5.73. The van der Waals surface area contributed by atoms with Crippen LogP contribution in [0.3, 0.4) is 0 Å². The number of benzene rings is 1. The SMILES string of the molecule is CC1CN(c2ccc(F)cc2C(F)(F)F)CCN1. The minimum Gasteiger partial charge on any atom is -0.368 e. The van der Waals surface area contributed by atoms with Crippen molar-refractivity contribution in [1.82, 2.24) is 5.32 Å². The maximum Gasteiger partial charge on any atom is 0.418 e. The predicted octanol–water partition coefficient (Wildman–Crippen LogP) is 2.64. The Morgan fingerprint density at radius 3 is 2.67 bits per heavy atom. The van der Waals surface area contributed by atoms with E-state index in [0.29, 0.717) is 25.7 Å². The van der Waals surface area contributed by atoms with Gasteiger partial charge in [-0.1, -0.05) is 0 Å². The minimum absolute atomic E-state index is 0.0530. The first-order valence-electron chi connectivity index (χ1n) is 5.73. The lowest BCUT2D eigenvalue weighted by Gasteiger charge is -2.35. The van der Waals surface area contributed by atoms with Gasteiger partial charge in [-0.15, -0.1) is 0 Å². The molecule has 0 aromatic heterocycles. The van der Waals surface area contributed by atoms with E-state index in [0.717, 1.165) is 6.07 Å². The Morgan fingerprint density at radius 2 is 2.06 bits per heavy atom. The molecule has 1 fully saturated rings. The van der Waals surface area contributed by atoms with Crippen LogP contribution in [0.1, 0.15) is 12.5 Å². The Morgan fingerprint density at radius 1 is 1.33 bits per heavy atom. The maximum absolute atomic E-state index is 13.0. The Labute approximate surface area is 103 Å². The summed E-state index contributed by atoms with van der Waals surface area (Å²) in [5.74, 6) is -0.866. The molecule has 1 heterocycles. The van der Waals surface area contributed by atoms with E-state index in [9.17, 15) is 17.6 Å². The third-order valence-electron chi connectivity index (χ3n) is 2.97. The topological polar surface area (TPSA) is 15.3 Å². The van der Waals surface area contributed by atoms with Crippen LogP contribution in [0.25, 0.3) is 0 Å². The van der Waals surface area contributed by atoms with Crippen LogP contribution in [0, 0.1) is 5.82 Å². The van der Waals surface area contributed by atoms with Crippen molar-refractivity contribution in [1.29, 1.82) is 0 Å². The summed E-state index contributed by atoms with van der Waals surface area (Å²) >= 11 is 0. The van der Waals surface area contributed by atoms with Crippen molar-refractivity contribution in [2.75, 3.05) is 24.5 Å². The monoisotopic (exact) mass is 262 g/mol. The molecule has 0 saturated carbocycles. The Hall–Kier alpha value is -1.30. The highest BCUT2D eigenvalue weighted by molar-refractivity contribution is 5.55. The van der Waals surface area contributed by atoms with Gasteiger partial charge in [-0.05, 0) is 25.1 Å². The number of piperazine rings is 1. The number of halogens is 4. The number of anilines is 1. The van der Waals surface area contributed by atoms with Gasteiger partial charge in [-0.3, -0.25) is 0 Å². The Kier molecular flexibility index (Phi) is 3.47. The molecule has 0 spiro atoms. The zero-order valence-corrected chi connectivity index (χ0v) is 9.89. The summed E-state index contributed by atoms with van der Waals surface area (Å²) < 4.78 is 51.6. The van der Waals surface area contributed by atoms with E-state index < -0.39 is 17.6 Å². The fraction of sp³-hybridized carbons (Fsp3) is 0.500. The second-order valence-electron chi connectivity index (χ2n) is 4.46. The van der Waals surface area contributed by atoms with Crippen LogP contribution in [0.15, 0.2) is 18.2 Å². The molecule has 0 bridgehead atoms. The van der Waals surface area contributed by atoms with Crippen molar-refractivity contribution in [2.45, 2.75) is 19.1 Å². The van der Waals surface area contributed by atoms with E-state index in [-0.39, 0.29) is 11.7 Å². The molecule has 18 heavy (non-hydrogen) atoms. The molecule has 2 rings (SSSR count). The normalized spacial score (nSPS) is 21.2. The fourth-order valence-electron chi connectivity index (χ4n) is 2.16. The van der Waals surface area contributed by atoms with E-state index in [2.05, 4.69) is 5.32 Å². The lowest BCUT2D eigenvalue weighted by atomic mass is 10.1. The maximum atomic E-state index is 13.0. The number of nitrogens with one attached hydrogen (secondary N) is 1. The van der Waals surface area contributed by atoms with Crippen molar-refractivity contribution in [3.05, 3.63) is 29.6 Å². The molecule has 100 valence electrons. The average molecular weight is 262 g/mol. The summed E-state index contributed by atoms with van der Waals surface area (Å²) in [6.07, 6.45) is -4.54. The summed E-state index contributed by atoms with van der Waals surface area (Å²) in [6, 6.07) is 2.94. The van der Waals surface area contributed by atoms with Crippen LogP contribution in [-0.2, 0) is 6.18 Å². The molecule has 0 amide bonds. The lowest BCUT2D eigenvalue weighted by molar-refractivity contribution is -0.137. The van der Waals surface area contributed by atoms with Gasteiger partial charge in [0, 0.05) is 31.4 Å². The highest BCUT2D eigenvalue weighted by Gasteiger charge is 2.35. The van der Waals surface area contributed by atoms with E-state index in [1.54, 1.807) is 4.90 Å². The van der Waals surface area contributed by atoms with Crippen LogP contribution in [0.5, 0.6) is 0 Å². The second kappa shape index (κ2) is 4.76. The first kappa shape index (κ1) is 13.1. The molecule has 6 heteroatoms. The van der Waals surface area contributed by atoms with Gasteiger partial charge in [0.1, 0.15) is 5.82 Å². The molecule has 0 radical (unpaired) electrons. The molecular formula is C12H14F4N2. The summed E-state index contributed by atoms with van der Waals surface area (Å²) in [5.41, 5.74) is -0.853. The quantitative estimate of drug-likeness (QED) is 0.783. The van der Waals surface area contributed by atoms with E-state index in [4.69, 9.17) is 0 Å². The average Bonchev–Trinajstić information content (AvgIpc) is 2.27. The van der Waals surface area contributed by atoms with Crippen LogP contribution >= 0.6 is 0 Å². The molecule has 1 aliphatic rings. The highest BCUT2D eigenvalue weighted by atomic mass is 19.4. The van der Waals surface area contributed by atoms with Crippen molar-refractivity contribution >= 4 is 5.69 Å². The number of rotatable bonds is 1. The number of hydrogen-bond acceptors (Lipinski definition) is 2. The summed E-state index contributed by atoms with van der Waals surface area (Å²) in [7, 11) is 0. The van der Waals surface area contributed by atoms with Gasteiger partial charge in [0.15, 0.2) is 0 Å². The van der Waals surface area contributed by atoms with E-state index in [1.165, 1.54) is 6.07 Å². The van der Waals surface area contributed by atoms with Gasteiger partial charge in [-0.25, -0.2) is 4.39 Å². The van der Waals surface area contributed by atoms with Crippen LogP contribution in [0.4, 0.5) is 23.2 Å². The fourth-order valence-corrected chi connectivity index (χ4v) is 2.16. The zero-order chi connectivity index (χ0) is 13.3. The van der Waals surface area contributed by atoms with Gasteiger partial charge in [-0.2, -0.15) is 13.2 Å². The van der Waals surface area contributed by atoms with Crippen molar-refractivity contribution in [3.8, 4) is 0 Å². The van der Waals surface area contributed by atoms with E-state index >= 15 is 0 Å². The van der Waals surface area contributed by atoms with Gasteiger partial charge in [0.25, 0.3) is 0 Å². The molecule has 0 aliphatic carbocycles. The molecule has 1 aromatic carbocycles. The smallest absolute Gasteiger partial charge is 0.368 e. The Bertz CT molecular complexity index is 431. The number of alkyl halides is 3. The molecule has 1 aromatic rings. The largest absolute Gasteiger partial charge is 0.418 e. The third-order valence-corrected chi connectivity index (χ3v) is 2.97. The lowest BCUT2D eigenvalue weighted by Crippen LogP contribution is -2.49. The summed E-state index contributed by atoms with van der Waals surface area (Å²) in [6.45, 7) is 3.49. The molecule has 1 saturated heterocycles. The highest BCUT2D eigenvalue weighted by Crippen LogP contribution is 2.37. The van der Waals surface area contributed by atoms with Crippen LogP contribution in [0.2, 0.25) is 0 Å². The zero-order valence-electron chi connectivity index (χ0n) is 9.89. The summed E-state index contributed by atoms with van der Waals surface area (Å²) in [4.78, 5) is 1.64. The Balaban J connectivity index is 2.37. The standard InChI is InChI=1S/C12H14F4N2/c1-8-7-18(5-4-17-8)11-3-2-9(13)6-10(11)12(14,15)16/h2-3,6,8,17H,4-5,7H2,1H3. The molecule has 2 nitrogen and oxygen atoms in total. The van der Waals surface area contributed by atoms with Crippen molar-refractivity contribution < 1.29 is 17.6 Å². The first-order chi connectivity index (χ1) is 8.38. The second-order valence-corrected chi connectivity index (χ2v) is 4.46. The third kappa shape index (κ3) is 2.75. The molecule has 1 atom stereocenters. The van der Waals surface area contributed by atoms with Crippen molar-refractivity contribution in [2.24, 2.45) is 0 Å². The van der Waals surface area contributed by atoms with Crippen LogP contribution < -0.4 is 10.2 Å². The summed E-state index contributed by atoms with van der Waals surface area (Å²) in [5, 5.41) is 3.15. The number of nitrogens with zero attached hydrogens (tertiary/aromatic N) is 1. The number of hydrogen-bond donors (Lipinski definition) is 1. The predicted molar refractivity (Wildman–Crippen MR) is 61.1 cm³/mol. The van der Waals surface area contributed by atoms with Gasteiger partial charge < -0.3 is 10.2 Å². The van der Waals surface area contributed by atoms with E-state index in [1.807, 2.05) is 6.92 Å².